The SMILES string of the molecule is C[C@@H](C#N)NS(=O)(=O)Cc1ccccc1C(F)(F)F. The van der Waals surface area contributed by atoms with Gasteiger partial charge in [0.1, 0.15) is 6.04 Å². The third-order valence-corrected chi connectivity index (χ3v) is 3.62. The van der Waals surface area contributed by atoms with Crippen molar-refractivity contribution in [2.75, 3.05) is 0 Å². The van der Waals surface area contributed by atoms with Crippen LogP contribution in [0, 0.1) is 11.3 Å². The highest BCUT2D eigenvalue weighted by Gasteiger charge is 2.34. The fourth-order valence-corrected chi connectivity index (χ4v) is 2.80. The van der Waals surface area contributed by atoms with Crippen LogP contribution in [0.25, 0.3) is 0 Å². The highest BCUT2D eigenvalue weighted by Crippen LogP contribution is 2.32. The molecule has 1 N–H and O–H groups in total. The normalized spacial score (nSPS) is 13.8. The molecular weight excluding hydrogens is 281 g/mol. The molecule has 8 heteroatoms. The summed E-state index contributed by atoms with van der Waals surface area (Å²) < 4.78 is 63.3. The lowest BCUT2D eigenvalue weighted by atomic mass is 10.1. The van der Waals surface area contributed by atoms with E-state index in [1.807, 2.05) is 4.72 Å². The molecule has 0 saturated carbocycles. The number of benzene rings is 1. The first-order valence-electron chi connectivity index (χ1n) is 5.20. The first kappa shape index (κ1) is 15.5. The van der Waals surface area contributed by atoms with E-state index >= 15 is 0 Å². The summed E-state index contributed by atoms with van der Waals surface area (Å²) in [6, 6.07) is 5.07. The van der Waals surface area contributed by atoms with Gasteiger partial charge < -0.3 is 0 Å². The molecule has 0 radical (unpaired) electrons. The third-order valence-electron chi connectivity index (χ3n) is 2.22. The third kappa shape index (κ3) is 4.54. The molecule has 0 heterocycles. The lowest BCUT2D eigenvalue weighted by Gasteiger charge is -2.13. The molecule has 0 aromatic heterocycles. The lowest BCUT2D eigenvalue weighted by molar-refractivity contribution is -0.138. The Morgan fingerprint density at radius 2 is 1.95 bits per heavy atom. The summed E-state index contributed by atoms with van der Waals surface area (Å²) in [4.78, 5) is 0. The van der Waals surface area contributed by atoms with Crippen molar-refractivity contribution in [2.24, 2.45) is 0 Å². The maximum atomic E-state index is 12.7. The Balaban J connectivity index is 3.05. The smallest absolute Gasteiger partial charge is 0.212 e. The van der Waals surface area contributed by atoms with Crippen LogP contribution in [0.15, 0.2) is 24.3 Å². The van der Waals surface area contributed by atoms with E-state index in [0.717, 1.165) is 12.1 Å². The van der Waals surface area contributed by atoms with Gasteiger partial charge in [-0.15, -0.1) is 0 Å². The van der Waals surface area contributed by atoms with Gasteiger partial charge in [0.25, 0.3) is 0 Å². The second kappa shape index (κ2) is 5.59. The Hall–Kier alpha value is -1.59. The Morgan fingerprint density at radius 1 is 1.37 bits per heavy atom. The van der Waals surface area contributed by atoms with Gasteiger partial charge in [0, 0.05) is 0 Å². The predicted molar refractivity (Wildman–Crippen MR) is 62.3 cm³/mol. The van der Waals surface area contributed by atoms with Crippen molar-refractivity contribution in [3.8, 4) is 6.07 Å². The highest BCUT2D eigenvalue weighted by atomic mass is 32.2. The van der Waals surface area contributed by atoms with Crippen LogP contribution in [0.5, 0.6) is 0 Å². The predicted octanol–water partition coefficient (Wildman–Crippen LogP) is 2.04. The average molecular weight is 292 g/mol. The molecule has 1 rings (SSSR count). The van der Waals surface area contributed by atoms with Crippen LogP contribution in [-0.2, 0) is 22.0 Å². The van der Waals surface area contributed by atoms with Gasteiger partial charge in [-0.3, -0.25) is 0 Å². The first-order valence-corrected chi connectivity index (χ1v) is 6.85. The maximum absolute atomic E-state index is 12.7. The second-order valence-corrected chi connectivity index (χ2v) is 5.64. The second-order valence-electron chi connectivity index (χ2n) is 3.88. The number of nitrogens with one attached hydrogen (secondary N) is 1. The number of halogens is 3. The minimum atomic E-state index is -4.62. The number of sulfonamides is 1. The molecule has 0 fully saturated rings. The molecule has 1 atom stereocenters. The van der Waals surface area contributed by atoms with Gasteiger partial charge in [0.05, 0.1) is 17.4 Å². The monoisotopic (exact) mass is 292 g/mol. The molecule has 1 aromatic rings. The summed E-state index contributed by atoms with van der Waals surface area (Å²) in [5.74, 6) is -0.825. The molecule has 0 aliphatic carbocycles. The summed E-state index contributed by atoms with van der Waals surface area (Å²) in [5.41, 5.74) is -1.35. The lowest BCUT2D eigenvalue weighted by Crippen LogP contribution is -2.32. The minimum Gasteiger partial charge on any atom is -0.212 e. The van der Waals surface area contributed by atoms with Crippen molar-refractivity contribution in [3.63, 3.8) is 0 Å². The quantitative estimate of drug-likeness (QED) is 0.923. The summed E-state index contributed by atoms with van der Waals surface area (Å²) in [5, 5.41) is 8.49. The van der Waals surface area contributed by atoms with Gasteiger partial charge in [-0.05, 0) is 18.6 Å². The number of rotatable bonds is 4. The van der Waals surface area contributed by atoms with Crippen molar-refractivity contribution in [1.29, 1.82) is 5.26 Å². The molecule has 0 saturated heterocycles. The van der Waals surface area contributed by atoms with Crippen molar-refractivity contribution in [3.05, 3.63) is 35.4 Å². The molecule has 104 valence electrons. The average Bonchev–Trinajstić information content (AvgIpc) is 2.26. The molecule has 0 aliphatic rings. The van der Waals surface area contributed by atoms with Gasteiger partial charge in [-0.1, -0.05) is 18.2 Å². The summed E-state index contributed by atoms with van der Waals surface area (Å²) >= 11 is 0. The molecule has 0 unspecified atom stereocenters. The fraction of sp³-hybridized carbons (Fsp3) is 0.364. The Labute approximate surface area is 108 Å². The van der Waals surface area contributed by atoms with E-state index in [4.69, 9.17) is 5.26 Å². The van der Waals surface area contributed by atoms with Crippen LogP contribution in [0.2, 0.25) is 0 Å². The summed E-state index contributed by atoms with van der Waals surface area (Å²) in [7, 11) is -4.00. The zero-order valence-electron chi connectivity index (χ0n) is 9.90. The van der Waals surface area contributed by atoms with Gasteiger partial charge in [-0.2, -0.15) is 23.2 Å². The first-order chi connectivity index (χ1) is 8.65. The fourth-order valence-electron chi connectivity index (χ4n) is 1.46. The van der Waals surface area contributed by atoms with E-state index in [0.29, 0.717) is 0 Å². The molecule has 0 bridgehead atoms. The van der Waals surface area contributed by atoms with E-state index in [1.165, 1.54) is 19.1 Å². The Morgan fingerprint density at radius 3 is 2.47 bits per heavy atom. The van der Waals surface area contributed by atoms with E-state index < -0.39 is 33.6 Å². The minimum absolute atomic E-state index is 0.354. The molecule has 0 spiro atoms. The van der Waals surface area contributed by atoms with Crippen LogP contribution in [-0.4, -0.2) is 14.5 Å². The van der Waals surface area contributed by atoms with Crippen LogP contribution in [0.4, 0.5) is 13.2 Å². The van der Waals surface area contributed by atoms with Crippen LogP contribution < -0.4 is 4.72 Å². The largest absolute Gasteiger partial charge is 0.416 e. The standard InChI is InChI=1S/C11H11F3N2O2S/c1-8(6-15)16-19(17,18)7-9-4-2-3-5-10(9)11(12,13)14/h2-5,8,16H,7H2,1H3/t8-/m0/s1. The number of hydrogen-bond acceptors (Lipinski definition) is 3. The zero-order valence-corrected chi connectivity index (χ0v) is 10.7. The van der Waals surface area contributed by atoms with E-state index in [1.54, 1.807) is 6.07 Å². The van der Waals surface area contributed by atoms with Gasteiger partial charge in [-0.25, -0.2) is 8.42 Å². The number of alkyl halides is 3. The van der Waals surface area contributed by atoms with E-state index in [9.17, 15) is 21.6 Å². The maximum Gasteiger partial charge on any atom is 0.416 e. The molecular formula is C11H11F3N2O2S. The molecule has 1 aromatic carbocycles. The van der Waals surface area contributed by atoms with Crippen LogP contribution in [0.3, 0.4) is 0 Å². The summed E-state index contributed by atoms with van der Waals surface area (Å²) in [6.45, 7) is 1.30. The Kier molecular flexibility index (Phi) is 4.55. The van der Waals surface area contributed by atoms with Crippen molar-refractivity contribution in [2.45, 2.75) is 24.9 Å². The van der Waals surface area contributed by atoms with E-state index in [-0.39, 0.29) is 5.56 Å². The van der Waals surface area contributed by atoms with Crippen molar-refractivity contribution < 1.29 is 21.6 Å². The molecule has 0 aliphatic heterocycles. The van der Waals surface area contributed by atoms with E-state index in [2.05, 4.69) is 0 Å². The van der Waals surface area contributed by atoms with Gasteiger partial charge >= 0.3 is 6.18 Å². The summed E-state index contributed by atoms with van der Waals surface area (Å²) in [6.07, 6.45) is -4.62. The number of nitrogens with zero attached hydrogens (tertiary/aromatic N) is 1. The molecule has 19 heavy (non-hydrogen) atoms. The zero-order chi connectivity index (χ0) is 14.7. The topological polar surface area (TPSA) is 70.0 Å². The molecule has 4 nitrogen and oxygen atoms in total. The van der Waals surface area contributed by atoms with Crippen LogP contribution >= 0.6 is 0 Å². The highest BCUT2D eigenvalue weighted by molar-refractivity contribution is 7.88. The van der Waals surface area contributed by atoms with Gasteiger partial charge in [0.2, 0.25) is 10.0 Å². The van der Waals surface area contributed by atoms with Crippen molar-refractivity contribution in [1.82, 2.24) is 4.72 Å². The number of hydrogen-bond donors (Lipinski definition) is 1. The van der Waals surface area contributed by atoms with Crippen molar-refractivity contribution >= 4 is 10.0 Å². The van der Waals surface area contributed by atoms with Crippen LogP contribution in [0.1, 0.15) is 18.1 Å². The Bertz CT molecular complexity index is 591. The number of nitriles is 1. The molecule has 0 amide bonds. The van der Waals surface area contributed by atoms with Gasteiger partial charge in [0.15, 0.2) is 0 Å².